The standard InChI is InChI=1S/C19H23FN4O/c20-16-8-4-3-7-15(16)9-10-21-19(25)17-13-18(23-14-22-17)24-11-5-1-2-6-12-24/h3-4,7-8,13-14H,1-2,5-6,9-12H2,(H,21,25). The van der Waals surface area contributed by atoms with Gasteiger partial charge in [-0.1, -0.05) is 31.0 Å². The fraction of sp³-hybridized carbons (Fsp3) is 0.421. The van der Waals surface area contributed by atoms with Crippen molar-refractivity contribution in [2.24, 2.45) is 0 Å². The summed E-state index contributed by atoms with van der Waals surface area (Å²) in [5.41, 5.74) is 0.943. The molecule has 1 saturated heterocycles. The first-order valence-corrected chi connectivity index (χ1v) is 8.82. The normalized spacial score (nSPS) is 14.8. The number of nitrogens with zero attached hydrogens (tertiary/aromatic N) is 3. The van der Waals surface area contributed by atoms with Gasteiger partial charge in [-0.25, -0.2) is 14.4 Å². The van der Waals surface area contributed by atoms with Crippen LogP contribution in [0.5, 0.6) is 0 Å². The van der Waals surface area contributed by atoms with Crippen LogP contribution in [0.2, 0.25) is 0 Å². The van der Waals surface area contributed by atoms with Gasteiger partial charge in [-0.15, -0.1) is 0 Å². The molecular formula is C19H23FN4O. The van der Waals surface area contributed by atoms with Crippen molar-refractivity contribution in [3.63, 3.8) is 0 Å². The summed E-state index contributed by atoms with van der Waals surface area (Å²) in [5, 5.41) is 2.80. The van der Waals surface area contributed by atoms with E-state index in [-0.39, 0.29) is 11.7 Å². The molecule has 0 unspecified atom stereocenters. The smallest absolute Gasteiger partial charge is 0.270 e. The lowest BCUT2D eigenvalue weighted by atomic mass is 10.1. The van der Waals surface area contributed by atoms with Crippen LogP contribution in [0, 0.1) is 5.82 Å². The third-order valence-corrected chi connectivity index (χ3v) is 4.45. The zero-order valence-electron chi connectivity index (χ0n) is 14.2. The van der Waals surface area contributed by atoms with Crippen molar-refractivity contribution in [1.82, 2.24) is 15.3 Å². The van der Waals surface area contributed by atoms with Crippen molar-refractivity contribution in [1.29, 1.82) is 0 Å². The van der Waals surface area contributed by atoms with Gasteiger partial charge >= 0.3 is 0 Å². The second-order valence-electron chi connectivity index (χ2n) is 6.26. The highest BCUT2D eigenvalue weighted by Crippen LogP contribution is 2.17. The molecule has 1 aromatic carbocycles. The molecular weight excluding hydrogens is 319 g/mol. The largest absolute Gasteiger partial charge is 0.357 e. The lowest BCUT2D eigenvalue weighted by Gasteiger charge is -2.21. The second-order valence-corrected chi connectivity index (χ2v) is 6.26. The molecule has 0 saturated carbocycles. The molecule has 1 aliphatic heterocycles. The van der Waals surface area contributed by atoms with Gasteiger partial charge < -0.3 is 10.2 Å². The lowest BCUT2D eigenvalue weighted by molar-refractivity contribution is 0.0949. The quantitative estimate of drug-likeness (QED) is 0.908. The molecule has 1 aromatic heterocycles. The van der Waals surface area contributed by atoms with Crippen LogP contribution in [-0.2, 0) is 6.42 Å². The van der Waals surface area contributed by atoms with Crippen LogP contribution in [0.1, 0.15) is 41.7 Å². The second kappa shape index (κ2) is 8.55. The minimum atomic E-state index is -0.255. The van der Waals surface area contributed by atoms with Crippen LogP contribution >= 0.6 is 0 Å². The molecule has 5 nitrogen and oxygen atoms in total. The Balaban J connectivity index is 1.58. The Morgan fingerprint density at radius 2 is 1.88 bits per heavy atom. The molecule has 1 aliphatic rings. The van der Waals surface area contributed by atoms with Crippen molar-refractivity contribution in [3.05, 3.63) is 53.7 Å². The van der Waals surface area contributed by atoms with E-state index < -0.39 is 0 Å². The molecule has 1 fully saturated rings. The van der Waals surface area contributed by atoms with E-state index >= 15 is 0 Å². The van der Waals surface area contributed by atoms with E-state index in [0.717, 1.165) is 31.7 Å². The number of halogens is 1. The first-order chi connectivity index (χ1) is 12.2. The maximum Gasteiger partial charge on any atom is 0.270 e. The number of rotatable bonds is 5. The maximum absolute atomic E-state index is 13.6. The van der Waals surface area contributed by atoms with E-state index in [4.69, 9.17) is 0 Å². The number of nitrogens with one attached hydrogen (secondary N) is 1. The van der Waals surface area contributed by atoms with Gasteiger partial charge in [0.05, 0.1) is 0 Å². The maximum atomic E-state index is 13.6. The highest BCUT2D eigenvalue weighted by atomic mass is 19.1. The summed E-state index contributed by atoms with van der Waals surface area (Å²) < 4.78 is 13.6. The molecule has 25 heavy (non-hydrogen) atoms. The summed E-state index contributed by atoms with van der Waals surface area (Å²) >= 11 is 0. The number of benzene rings is 1. The number of hydrogen-bond donors (Lipinski definition) is 1. The molecule has 2 heterocycles. The van der Waals surface area contributed by atoms with E-state index in [1.54, 1.807) is 24.3 Å². The Bertz CT molecular complexity index is 714. The lowest BCUT2D eigenvalue weighted by Crippen LogP contribution is -2.28. The SMILES string of the molecule is O=C(NCCc1ccccc1F)c1cc(N2CCCCCC2)ncn1. The topological polar surface area (TPSA) is 58.1 Å². The van der Waals surface area contributed by atoms with E-state index in [1.165, 1.54) is 25.2 Å². The van der Waals surface area contributed by atoms with E-state index in [2.05, 4.69) is 20.2 Å². The van der Waals surface area contributed by atoms with Crippen molar-refractivity contribution < 1.29 is 9.18 Å². The molecule has 1 N–H and O–H groups in total. The van der Waals surface area contributed by atoms with E-state index in [1.807, 2.05) is 0 Å². The number of anilines is 1. The van der Waals surface area contributed by atoms with Crippen molar-refractivity contribution in [2.45, 2.75) is 32.1 Å². The Labute approximate surface area is 147 Å². The molecule has 0 aliphatic carbocycles. The van der Waals surface area contributed by atoms with Crippen LogP contribution in [-0.4, -0.2) is 35.5 Å². The molecule has 0 radical (unpaired) electrons. The summed E-state index contributed by atoms with van der Waals surface area (Å²) in [4.78, 5) is 22.9. The Morgan fingerprint density at radius 3 is 2.64 bits per heavy atom. The van der Waals surface area contributed by atoms with Crippen LogP contribution in [0.4, 0.5) is 10.2 Å². The molecule has 0 atom stereocenters. The predicted molar refractivity (Wildman–Crippen MR) is 95.2 cm³/mol. The number of amides is 1. The molecule has 0 bridgehead atoms. The van der Waals surface area contributed by atoms with Crippen molar-refractivity contribution >= 4 is 11.7 Å². The molecule has 132 valence electrons. The number of carbonyl (C=O) groups is 1. The van der Waals surface area contributed by atoms with Crippen LogP contribution in [0.3, 0.4) is 0 Å². The number of hydrogen-bond acceptors (Lipinski definition) is 4. The Hall–Kier alpha value is -2.50. The number of carbonyl (C=O) groups excluding carboxylic acids is 1. The average Bonchev–Trinajstić information content (AvgIpc) is 2.93. The van der Waals surface area contributed by atoms with Gasteiger partial charge in [-0.05, 0) is 30.9 Å². The van der Waals surface area contributed by atoms with Crippen LogP contribution < -0.4 is 10.2 Å². The van der Waals surface area contributed by atoms with E-state index in [9.17, 15) is 9.18 Å². The highest BCUT2D eigenvalue weighted by molar-refractivity contribution is 5.92. The van der Waals surface area contributed by atoms with Gasteiger partial charge in [0.15, 0.2) is 0 Å². The van der Waals surface area contributed by atoms with Gasteiger partial charge in [0.1, 0.15) is 23.7 Å². The average molecular weight is 342 g/mol. The zero-order chi connectivity index (χ0) is 17.5. The Morgan fingerprint density at radius 1 is 1.12 bits per heavy atom. The predicted octanol–water partition coefficient (Wildman–Crippen LogP) is 2.97. The molecule has 6 heteroatoms. The van der Waals surface area contributed by atoms with Crippen LogP contribution in [0.25, 0.3) is 0 Å². The van der Waals surface area contributed by atoms with Crippen molar-refractivity contribution in [2.75, 3.05) is 24.5 Å². The van der Waals surface area contributed by atoms with Gasteiger partial charge in [0, 0.05) is 25.7 Å². The monoisotopic (exact) mass is 342 g/mol. The molecule has 1 amide bonds. The molecule has 0 spiro atoms. The van der Waals surface area contributed by atoms with Gasteiger partial charge in [0.25, 0.3) is 5.91 Å². The van der Waals surface area contributed by atoms with E-state index in [0.29, 0.717) is 24.2 Å². The minimum absolute atomic E-state index is 0.248. The first-order valence-electron chi connectivity index (χ1n) is 8.82. The van der Waals surface area contributed by atoms with Gasteiger partial charge in [0.2, 0.25) is 0 Å². The summed E-state index contributed by atoms with van der Waals surface area (Å²) in [6, 6.07) is 8.34. The summed E-state index contributed by atoms with van der Waals surface area (Å²) in [5.74, 6) is 0.299. The highest BCUT2D eigenvalue weighted by Gasteiger charge is 2.14. The summed E-state index contributed by atoms with van der Waals surface area (Å²) in [6.07, 6.45) is 6.66. The van der Waals surface area contributed by atoms with Crippen LogP contribution in [0.15, 0.2) is 36.7 Å². The third-order valence-electron chi connectivity index (χ3n) is 4.45. The number of aromatic nitrogens is 2. The fourth-order valence-electron chi connectivity index (χ4n) is 3.05. The third kappa shape index (κ3) is 4.75. The fourth-order valence-corrected chi connectivity index (χ4v) is 3.05. The zero-order valence-corrected chi connectivity index (χ0v) is 14.2. The van der Waals surface area contributed by atoms with Gasteiger partial charge in [-0.3, -0.25) is 4.79 Å². The van der Waals surface area contributed by atoms with Crippen molar-refractivity contribution in [3.8, 4) is 0 Å². The summed E-state index contributed by atoms with van der Waals surface area (Å²) in [7, 11) is 0. The van der Waals surface area contributed by atoms with Gasteiger partial charge in [-0.2, -0.15) is 0 Å². The summed E-state index contributed by atoms with van der Waals surface area (Å²) in [6.45, 7) is 2.29. The molecule has 2 aromatic rings. The first kappa shape index (κ1) is 17.3. The molecule has 3 rings (SSSR count). The minimum Gasteiger partial charge on any atom is -0.357 e. The Kier molecular flexibility index (Phi) is 5.93.